The SMILES string of the molecule is CC(NS(=O)(=O)c1cc(CO)sc1Br)c1ccc(Cl)s1. The highest BCUT2D eigenvalue weighted by Crippen LogP contribution is 2.33. The summed E-state index contributed by atoms with van der Waals surface area (Å²) in [5, 5.41) is 9.07. The number of hydrogen-bond acceptors (Lipinski definition) is 5. The number of rotatable bonds is 5. The highest BCUT2D eigenvalue weighted by atomic mass is 79.9. The number of hydrogen-bond donors (Lipinski definition) is 2. The first kappa shape index (κ1) is 16.4. The lowest BCUT2D eigenvalue weighted by Crippen LogP contribution is -2.26. The third-order valence-corrected chi connectivity index (χ3v) is 7.70. The van der Waals surface area contributed by atoms with Gasteiger partial charge in [-0.2, -0.15) is 0 Å². The van der Waals surface area contributed by atoms with Gasteiger partial charge in [-0.05, 0) is 41.1 Å². The Morgan fingerprint density at radius 2 is 2.15 bits per heavy atom. The number of nitrogens with one attached hydrogen (secondary N) is 1. The van der Waals surface area contributed by atoms with Crippen molar-refractivity contribution in [2.75, 3.05) is 0 Å². The van der Waals surface area contributed by atoms with Crippen molar-refractivity contribution in [3.63, 3.8) is 0 Å². The largest absolute Gasteiger partial charge is 0.391 e. The van der Waals surface area contributed by atoms with Crippen molar-refractivity contribution in [2.24, 2.45) is 0 Å². The van der Waals surface area contributed by atoms with E-state index in [0.717, 1.165) is 4.88 Å². The maximum Gasteiger partial charge on any atom is 0.243 e. The maximum absolute atomic E-state index is 12.3. The molecule has 0 radical (unpaired) electrons. The van der Waals surface area contributed by atoms with Gasteiger partial charge < -0.3 is 5.11 Å². The fraction of sp³-hybridized carbons (Fsp3) is 0.273. The number of halogens is 2. The van der Waals surface area contributed by atoms with Crippen molar-refractivity contribution in [2.45, 2.75) is 24.5 Å². The van der Waals surface area contributed by atoms with Crippen LogP contribution in [0.3, 0.4) is 0 Å². The van der Waals surface area contributed by atoms with Crippen LogP contribution in [0.4, 0.5) is 0 Å². The monoisotopic (exact) mass is 415 g/mol. The lowest BCUT2D eigenvalue weighted by atomic mass is 10.3. The van der Waals surface area contributed by atoms with E-state index >= 15 is 0 Å². The molecule has 9 heteroatoms. The summed E-state index contributed by atoms with van der Waals surface area (Å²) in [7, 11) is -3.65. The molecule has 0 aromatic carbocycles. The minimum atomic E-state index is -3.65. The van der Waals surface area contributed by atoms with Gasteiger partial charge in [-0.15, -0.1) is 22.7 Å². The molecule has 110 valence electrons. The fourth-order valence-electron chi connectivity index (χ4n) is 1.57. The molecule has 0 aliphatic heterocycles. The maximum atomic E-state index is 12.3. The van der Waals surface area contributed by atoms with Crippen LogP contribution in [0.25, 0.3) is 0 Å². The quantitative estimate of drug-likeness (QED) is 0.780. The third kappa shape index (κ3) is 3.62. The van der Waals surface area contributed by atoms with Crippen LogP contribution < -0.4 is 4.72 Å². The van der Waals surface area contributed by atoms with Gasteiger partial charge in [-0.3, -0.25) is 0 Å². The minimum Gasteiger partial charge on any atom is -0.391 e. The molecule has 2 rings (SSSR count). The van der Waals surface area contributed by atoms with E-state index in [0.29, 0.717) is 13.0 Å². The predicted octanol–water partition coefficient (Wildman–Crippen LogP) is 3.76. The molecule has 0 bridgehead atoms. The zero-order chi connectivity index (χ0) is 14.9. The Labute approximate surface area is 138 Å². The normalized spacial score (nSPS) is 13.6. The average Bonchev–Trinajstić information content (AvgIpc) is 2.95. The Morgan fingerprint density at radius 3 is 2.65 bits per heavy atom. The van der Waals surface area contributed by atoms with Crippen LogP contribution in [0.1, 0.15) is 22.7 Å². The minimum absolute atomic E-state index is 0.140. The van der Waals surface area contributed by atoms with Gasteiger partial charge in [0.1, 0.15) is 4.90 Å². The molecule has 0 aliphatic carbocycles. The van der Waals surface area contributed by atoms with Gasteiger partial charge in [-0.1, -0.05) is 11.6 Å². The summed E-state index contributed by atoms with van der Waals surface area (Å²) in [5.74, 6) is 0. The van der Waals surface area contributed by atoms with Crippen LogP contribution in [0, 0.1) is 0 Å². The van der Waals surface area contributed by atoms with Crippen LogP contribution in [0.5, 0.6) is 0 Å². The molecule has 2 aromatic heterocycles. The van der Waals surface area contributed by atoms with Gasteiger partial charge in [0.15, 0.2) is 0 Å². The summed E-state index contributed by atoms with van der Waals surface area (Å²) < 4.78 is 28.3. The number of aliphatic hydroxyl groups excluding tert-OH is 1. The number of aliphatic hydroxyl groups is 1. The van der Waals surface area contributed by atoms with E-state index in [2.05, 4.69) is 20.7 Å². The molecule has 1 unspecified atom stereocenters. The molecular formula is C11H11BrClNO3S3. The molecule has 0 saturated carbocycles. The second-order valence-corrected chi connectivity index (χ2v) is 9.88. The molecule has 2 heterocycles. The predicted molar refractivity (Wildman–Crippen MR) is 86.0 cm³/mol. The lowest BCUT2D eigenvalue weighted by Gasteiger charge is -2.12. The summed E-state index contributed by atoms with van der Waals surface area (Å²) in [6.07, 6.45) is 0. The second-order valence-electron chi connectivity index (χ2n) is 3.99. The van der Waals surface area contributed by atoms with E-state index in [4.69, 9.17) is 16.7 Å². The first-order chi connectivity index (χ1) is 9.33. The highest BCUT2D eigenvalue weighted by Gasteiger charge is 2.24. The van der Waals surface area contributed by atoms with Crippen LogP contribution in [-0.2, 0) is 16.6 Å². The van der Waals surface area contributed by atoms with E-state index < -0.39 is 10.0 Å². The molecule has 0 spiro atoms. The molecule has 20 heavy (non-hydrogen) atoms. The van der Waals surface area contributed by atoms with Crippen molar-refractivity contribution in [1.82, 2.24) is 4.72 Å². The van der Waals surface area contributed by atoms with Crippen LogP contribution in [0.15, 0.2) is 26.9 Å². The van der Waals surface area contributed by atoms with Gasteiger partial charge in [-0.25, -0.2) is 13.1 Å². The van der Waals surface area contributed by atoms with Gasteiger partial charge >= 0.3 is 0 Å². The van der Waals surface area contributed by atoms with Crippen molar-refractivity contribution in [1.29, 1.82) is 0 Å². The van der Waals surface area contributed by atoms with E-state index in [1.807, 2.05) is 0 Å². The Morgan fingerprint density at radius 1 is 1.45 bits per heavy atom. The van der Waals surface area contributed by atoms with E-state index in [9.17, 15) is 8.42 Å². The molecule has 0 amide bonds. The molecular weight excluding hydrogens is 406 g/mol. The second kappa shape index (κ2) is 6.43. The number of thiophene rings is 2. The van der Waals surface area contributed by atoms with Crippen molar-refractivity contribution in [3.05, 3.63) is 36.1 Å². The average molecular weight is 417 g/mol. The van der Waals surface area contributed by atoms with E-state index in [-0.39, 0.29) is 17.5 Å². The first-order valence-corrected chi connectivity index (χ1v) is 9.79. The summed E-state index contributed by atoms with van der Waals surface area (Å²) in [4.78, 5) is 1.57. The van der Waals surface area contributed by atoms with Crippen LogP contribution in [-0.4, -0.2) is 13.5 Å². The zero-order valence-electron chi connectivity index (χ0n) is 10.3. The van der Waals surface area contributed by atoms with Gasteiger partial charge in [0.25, 0.3) is 0 Å². The standard InChI is InChI=1S/C11H11BrClNO3S3/c1-6(8-2-3-10(13)19-8)14-20(16,17)9-4-7(5-15)18-11(9)12/h2-4,6,14-15H,5H2,1H3. The number of sulfonamides is 1. The van der Waals surface area contributed by atoms with E-state index in [1.54, 1.807) is 19.1 Å². The molecule has 2 N–H and O–H groups in total. The molecule has 0 aliphatic rings. The van der Waals surface area contributed by atoms with Crippen LogP contribution in [0.2, 0.25) is 4.34 Å². The van der Waals surface area contributed by atoms with Crippen LogP contribution >= 0.6 is 50.2 Å². The van der Waals surface area contributed by atoms with Crippen molar-refractivity contribution in [3.8, 4) is 0 Å². The first-order valence-electron chi connectivity index (χ1n) is 5.50. The molecule has 1 atom stereocenters. The molecule has 2 aromatic rings. The summed E-state index contributed by atoms with van der Waals surface area (Å²) >= 11 is 11.6. The smallest absolute Gasteiger partial charge is 0.243 e. The Balaban J connectivity index is 2.24. The molecule has 0 saturated heterocycles. The van der Waals surface area contributed by atoms with Gasteiger partial charge in [0.2, 0.25) is 10.0 Å². The highest BCUT2D eigenvalue weighted by molar-refractivity contribution is 9.11. The summed E-state index contributed by atoms with van der Waals surface area (Å²) in [6.45, 7) is 1.57. The summed E-state index contributed by atoms with van der Waals surface area (Å²) in [5.41, 5.74) is 0. The topological polar surface area (TPSA) is 66.4 Å². The fourth-order valence-corrected chi connectivity index (χ4v) is 6.48. The summed E-state index contributed by atoms with van der Waals surface area (Å²) in [6, 6.07) is 4.62. The van der Waals surface area contributed by atoms with Crippen molar-refractivity contribution >= 4 is 60.2 Å². The molecule has 4 nitrogen and oxygen atoms in total. The third-order valence-electron chi connectivity index (χ3n) is 2.50. The lowest BCUT2D eigenvalue weighted by molar-refractivity contribution is 0.285. The van der Waals surface area contributed by atoms with Gasteiger partial charge in [0.05, 0.1) is 20.8 Å². The van der Waals surface area contributed by atoms with Gasteiger partial charge in [0, 0.05) is 9.75 Å². The Kier molecular flexibility index (Phi) is 5.28. The zero-order valence-corrected chi connectivity index (χ0v) is 15.1. The van der Waals surface area contributed by atoms with E-state index in [1.165, 1.54) is 28.7 Å². The molecule has 0 fully saturated rings. The Bertz CT molecular complexity index is 710. The Hall–Kier alpha value is 0.0400. The van der Waals surface area contributed by atoms with Crippen molar-refractivity contribution < 1.29 is 13.5 Å².